The molecule has 218 valence electrons. The fourth-order valence-corrected chi connectivity index (χ4v) is 12.9. The van der Waals surface area contributed by atoms with Gasteiger partial charge < -0.3 is 4.90 Å². The van der Waals surface area contributed by atoms with Gasteiger partial charge in [-0.25, -0.2) is 9.16 Å². The van der Waals surface area contributed by atoms with E-state index in [1.54, 1.807) is 15.4 Å². The fourth-order valence-electron chi connectivity index (χ4n) is 9.42. The van der Waals surface area contributed by atoms with Gasteiger partial charge in [-0.1, -0.05) is 86.3 Å². The molecule has 2 heteroatoms. The lowest BCUT2D eigenvalue weighted by Gasteiger charge is -2.50. The summed E-state index contributed by atoms with van der Waals surface area (Å²) in [4.78, 5) is 5.65. The number of hydrogen-bond acceptors (Lipinski definition) is 1. The molecule has 0 amide bonds. The molecule has 3 unspecified atom stereocenters. The largest absolute Gasteiger partial charge is 0.310 e. The molecular weight excluding hydrogens is 527 g/mol. The molecule has 4 aromatic carbocycles. The van der Waals surface area contributed by atoms with E-state index in [4.69, 9.17) is 0 Å². The molecule has 2 bridgehead atoms. The standard InChI is InChI=1S/C40H47NS/c1-42(2,3)38-14-8-7-12-35(38)40-37(13-9-15-39(40)42)41(33-22-18-30(19-23-33)29-10-5-4-6-11-29)34-24-20-31(21-25-34)36-27-28-16-17-32(36)26-28/h7-9,12-15,18-25,28-29,32,36,42H,4-6,10-11,16-17,26-27H2,1-3H3. The van der Waals surface area contributed by atoms with Crippen molar-refractivity contribution in [2.75, 3.05) is 23.7 Å². The molecule has 0 aromatic heterocycles. The van der Waals surface area contributed by atoms with E-state index in [0.717, 1.165) is 23.7 Å². The van der Waals surface area contributed by atoms with Crippen LogP contribution in [0.25, 0.3) is 11.1 Å². The molecular formula is C40H47NS. The van der Waals surface area contributed by atoms with Crippen molar-refractivity contribution in [1.82, 2.24) is 0 Å². The van der Waals surface area contributed by atoms with Crippen LogP contribution in [-0.2, 0) is 0 Å². The number of hydrogen-bond donors (Lipinski definition) is 1. The van der Waals surface area contributed by atoms with E-state index >= 15 is 0 Å². The van der Waals surface area contributed by atoms with E-state index in [1.165, 1.54) is 91.5 Å². The Balaban J connectivity index is 1.25. The van der Waals surface area contributed by atoms with Crippen LogP contribution in [-0.4, -0.2) is 18.8 Å². The van der Waals surface area contributed by atoms with Crippen LogP contribution in [0.5, 0.6) is 0 Å². The molecule has 3 saturated carbocycles. The number of rotatable bonds is 5. The third kappa shape index (κ3) is 4.20. The number of nitrogens with zero attached hydrogens (tertiary/aromatic N) is 1. The maximum Gasteiger partial charge on any atom is 0.0550 e. The van der Waals surface area contributed by atoms with E-state index in [2.05, 4.69) is 115 Å². The Labute approximate surface area is 253 Å². The number of anilines is 3. The minimum absolute atomic E-state index is 0.724. The Hall–Kier alpha value is -2.97. The van der Waals surface area contributed by atoms with Crippen molar-refractivity contribution >= 4 is 26.2 Å². The third-order valence-corrected chi connectivity index (χ3v) is 15.8. The monoisotopic (exact) mass is 573 g/mol. The Morgan fingerprint density at radius 1 is 0.595 bits per heavy atom. The van der Waals surface area contributed by atoms with Crippen molar-refractivity contribution in [1.29, 1.82) is 0 Å². The number of thiol groups is 1. The van der Waals surface area contributed by atoms with Gasteiger partial charge in [-0.2, -0.15) is 0 Å². The predicted molar refractivity (Wildman–Crippen MR) is 184 cm³/mol. The maximum absolute atomic E-state index is 2.56. The summed E-state index contributed by atoms with van der Waals surface area (Å²) < 4.78 is 0. The molecule has 42 heavy (non-hydrogen) atoms. The van der Waals surface area contributed by atoms with Crippen molar-refractivity contribution in [3.63, 3.8) is 0 Å². The van der Waals surface area contributed by atoms with Gasteiger partial charge in [-0.05, 0) is 131 Å². The molecule has 0 spiro atoms. The molecule has 4 aromatic rings. The van der Waals surface area contributed by atoms with Gasteiger partial charge in [0.1, 0.15) is 0 Å². The first kappa shape index (κ1) is 26.6. The lowest BCUT2D eigenvalue weighted by molar-refractivity contribution is 0.420. The van der Waals surface area contributed by atoms with E-state index in [-0.39, 0.29) is 0 Å². The minimum Gasteiger partial charge on any atom is -0.310 e. The average Bonchev–Trinajstić information content (AvgIpc) is 3.71. The summed E-state index contributed by atoms with van der Waals surface area (Å²) in [5.74, 6) is 3.37. The van der Waals surface area contributed by atoms with Crippen LogP contribution in [0.1, 0.15) is 80.8 Å². The second kappa shape index (κ2) is 9.78. The smallest absolute Gasteiger partial charge is 0.0550 e. The van der Waals surface area contributed by atoms with Gasteiger partial charge in [0.2, 0.25) is 0 Å². The van der Waals surface area contributed by atoms with Gasteiger partial charge in [0.15, 0.2) is 0 Å². The topological polar surface area (TPSA) is 3.24 Å². The van der Waals surface area contributed by atoms with Gasteiger partial charge in [-0.3, -0.25) is 0 Å². The summed E-state index contributed by atoms with van der Waals surface area (Å²) in [6, 6.07) is 35.7. The van der Waals surface area contributed by atoms with Crippen LogP contribution in [0, 0.1) is 11.8 Å². The zero-order chi connectivity index (χ0) is 28.5. The van der Waals surface area contributed by atoms with Crippen LogP contribution >= 0.6 is 9.16 Å². The lowest BCUT2D eigenvalue weighted by Crippen LogP contribution is -2.14. The molecule has 0 radical (unpaired) electrons. The summed E-state index contributed by atoms with van der Waals surface area (Å²) in [7, 11) is -2.25. The van der Waals surface area contributed by atoms with Gasteiger partial charge in [-0.15, -0.1) is 0 Å². The first-order valence-corrected chi connectivity index (χ1v) is 20.2. The second-order valence-corrected chi connectivity index (χ2v) is 21.7. The third-order valence-electron chi connectivity index (χ3n) is 11.7. The van der Waals surface area contributed by atoms with Crippen molar-refractivity contribution in [3.8, 4) is 11.1 Å². The normalized spacial score (nSPS) is 26.3. The summed E-state index contributed by atoms with van der Waals surface area (Å²) in [5, 5.41) is 0. The van der Waals surface area contributed by atoms with Gasteiger partial charge >= 0.3 is 0 Å². The van der Waals surface area contributed by atoms with Gasteiger partial charge in [0.25, 0.3) is 0 Å². The first-order valence-electron chi connectivity index (χ1n) is 16.6. The average molecular weight is 574 g/mol. The molecule has 1 aliphatic heterocycles. The van der Waals surface area contributed by atoms with Crippen molar-refractivity contribution in [2.45, 2.75) is 79.4 Å². The highest BCUT2D eigenvalue weighted by Crippen LogP contribution is 2.81. The predicted octanol–water partition coefficient (Wildman–Crippen LogP) is 11.5. The fraction of sp³-hybridized carbons (Fsp3) is 0.400. The Morgan fingerprint density at radius 2 is 1.26 bits per heavy atom. The SMILES string of the molecule is C[SH]1(C)(C)c2ccccc2-c2c(N(c3ccc(C4CCCCC4)cc3)c3ccc(C4CC5CCC4C5)cc3)cccc21. The van der Waals surface area contributed by atoms with E-state index < -0.39 is 9.16 Å². The lowest BCUT2D eigenvalue weighted by atomic mass is 9.83. The molecule has 1 nitrogen and oxygen atoms in total. The Kier molecular flexibility index (Phi) is 6.20. The first-order chi connectivity index (χ1) is 20.4. The molecule has 0 N–H and O–H groups in total. The zero-order valence-corrected chi connectivity index (χ0v) is 26.6. The molecule has 4 aliphatic rings. The van der Waals surface area contributed by atoms with Crippen molar-refractivity contribution < 1.29 is 0 Å². The minimum atomic E-state index is -2.25. The number of fused-ring (bicyclic) bond motifs is 5. The molecule has 3 atom stereocenters. The second-order valence-electron chi connectivity index (χ2n) is 15.1. The molecule has 3 aliphatic carbocycles. The van der Waals surface area contributed by atoms with Crippen LogP contribution in [0.15, 0.2) is 101 Å². The van der Waals surface area contributed by atoms with Crippen LogP contribution in [0.3, 0.4) is 0 Å². The number of benzene rings is 4. The summed E-state index contributed by atoms with van der Waals surface area (Å²) in [6.07, 6.45) is 20.2. The van der Waals surface area contributed by atoms with E-state index in [0.29, 0.717) is 0 Å². The van der Waals surface area contributed by atoms with Crippen LogP contribution in [0.2, 0.25) is 0 Å². The summed E-state index contributed by atoms with van der Waals surface area (Å²) >= 11 is 0. The maximum atomic E-state index is 2.56. The molecule has 1 heterocycles. The van der Waals surface area contributed by atoms with Crippen molar-refractivity contribution in [3.05, 3.63) is 102 Å². The summed E-state index contributed by atoms with van der Waals surface area (Å²) in [5.41, 5.74) is 9.80. The molecule has 3 fully saturated rings. The van der Waals surface area contributed by atoms with Gasteiger partial charge in [0, 0.05) is 16.9 Å². The van der Waals surface area contributed by atoms with Crippen LogP contribution < -0.4 is 4.90 Å². The molecule has 8 rings (SSSR count). The Morgan fingerprint density at radius 3 is 1.93 bits per heavy atom. The quantitative estimate of drug-likeness (QED) is 0.232. The van der Waals surface area contributed by atoms with Crippen LogP contribution in [0.4, 0.5) is 17.1 Å². The summed E-state index contributed by atoms with van der Waals surface area (Å²) in [6.45, 7) is 0. The van der Waals surface area contributed by atoms with E-state index in [9.17, 15) is 0 Å². The highest BCUT2D eigenvalue weighted by Gasteiger charge is 2.42. The molecule has 0 saturated heterocycles. The van der Waals surface area contributed by atoms with Crippen molar-refractivity contribution in [2.24, 2.45) is 11.8 Å². The highest BCUT2D eigenvalue weighted by atomic mass is 32.3. The highest BCUT2D eigenvalue weighted by molar-refractivity contribution is 8.48. The zero-order valence-electron chi connectivity index (χ0n) is 25.7. The van der Waals surface area contributed by atoms with E-state index in [1.807, 2.05) is 0 Å². The Bertz CT molecular complexity index is 1620. The van der Waals surface area contributed by atoms with Gasteiger partial charge in [0.05, 0.1) is 5.69 Å².